The highest BCUT2D eigenvalue weighted by Gasteiger charge is 2.21. The van der Waals surface area contributed by atoms with Gasteiger partial charge in [-0.3, -0.25) is 0 Å². The second-order valence-electron chi connectivity index (χ2n) is 14.1. The van der Waals surface area contributed by atoms with Crippen molar-refractivity contribution in [2.45, 2.75) is 0 Å². The Kier molecular flexibility index (Phi) is 7.17. The first kappa shape index (κ1) is 31.2. The Balaban J connectivity index is 0.972. The maximum Gasteiger partial charge on any atom is 0.159 e. The minimum absolute atomic E-state index is 0.874. The fraction of sp³-hybridized carbons (Fsp3) is 0. The molecule has 0 radical (unpaired) electrons. The lowest BCUT2D eigenvalue weighted by molar-refractivity contribution is 0.669. The van der Waals surface area contributed by atoms with Crippen molar-refractivity contribution in [1.29, 1.82) is 0 Å². The highest BCUT2D eigenvalue weighted by atomic mass is 16.3. The predicted molar refractivity (Wildman–Crippen MR) is 231 cm³/mol. The number of fused-ring (bicyclic) bond motifs is 7. The number of hydrogen-bond acceptors (Lipinski definition) is 2. The Morgan fingerprint density at radius 2 is 0.927 bits per heavy atom. The van der Waals surface area contributed by atoms with Crippen LogP contribution in [-0.2, 0) is 0 Å². The summed E-state index contributed by atoms with van der Waals surface area (Å²) in [7, 11) is 0. The molecule has 0 unspecified atom stereocenters. The lowest BCUT2D eigenvalue weighted by Gasteiger charge is -2.27. The number of anilines is 3. The minimum Gasteiger partial charge on any atom is -0.454 e. The van der Waals surface area contributed by atoms with Gasteiger partial charge in [0.1, 0.15) is 5.58 Å². The number of benzene rings is 9. The summed E-state index contributed by atoms with van der Waals surface area (Å²) in [6.07, 6.45) is 0. The first-order chi connectivity index (χ1) is 27.3. The molecule has 2 heterocycles. The number of nitrogens with zero attached hydrogens (tertiary/aromatic N) is 2. The van der Waals surface area contributed by atoms with Crippen molar-refractivity contribution in [3.8, 4) is 27.9 Å². The van der Waals surface area contributed by atoms with Gasteiger partial charge in [0.25, 0.3) is 0 Å². The molecule has 0 amide bonds. The summed E-state index contributed by atoms with van der Waals surface area (Å²) >= 11 is 0. The smallest absolute Gasteiger partial charge is 0.159 e. The van der Waals surface area contributed by atoms with Crippen LogP contribution in [0.1, 0.15) is 0 Å². The zero-order valence-corrected chi connectivity index (χ0v) is 29.9. The molecular formula is C52H34N2O. The van der Waals surface area contributed by atoms with Crippen molar-refractivity contribution in [2.75, 3.05) is 4.90 Å². The van der Waals surface area contributed by atoms with E-state index in [2.05, 4.69) is 204 Å². The number of furan rings is 1. The molecule has 0 N–H and O–H groups in total. The standard InChI is InChI=1S/C52H34N2O/c1-2-14-40(15-3-1)53-48-20-8-6-17-43(48)46-34-39(30-33-49(46)53)37-26-24-35(25-27-37)36-28-31-41(32-29-36)54(47-21-10-13-38-12-4-5-16-42(38)47)50-22-11-19-45-44-18-7-9-23-51(44)55-52(45)50/h1-34H. The van der Waals surface area contributed by atoms with Crippen molar-refractivity contribution < 1.29 is 4.42 Å². The Labute approximate surface area is 318 Å². The fourth-order valence-corrected chi connectivity index (χ4v) is 8.39. The van der Waals surface area contributed by atoms with Crippen LogP contribution in [0, 0.1) is 0 Å². The van der Waals surface area contributed by atoms with Gasteiger partial charge in [0.05, 0.1) is 22.4 Å². The normalized spacial score (nSPS) is 11.6. The van der Waals surface area contributed by atoms with E-state index in [1.165, 1.54) is 55.0 Å². The molecule has 0 aliphatic heterocycles. The van der Waals surface area contributed by atoms with E-state index in [-0.39, 0.29) is 0 Å². The summed E-state index contributed by atoms with van der Waals surface area (Å²) in [6, 6.07) is 73.8. The van der Waals surface area contributed by atoms with Crippen LogP contribution in [0.2, 0.25) is 0 Å². The van der Waals surface area contributed by atoms with Crippen LogP contribution in [0.4, 0.5) is 17.1 Å². The summed E-state index contributed by atoms with van der Waals surface area (Å²) in [4.78, 5) is 2.34. The zero-order valence-electron chi connectivity index (χ0n) is 29.9. The van der Waals surface area contributed by atoms with E-state index in [1.54, 1.807) is 0 Å². The zero-order chi connectivity index (χ0) is 36.3. The van der Waals surface area contributed by atoms with Gasteiger partial charge < -0.3 is 13.9 Å². The van der Waals surface area contributed by atoms with Gasteiger partial charge >= 0.3 is 0 Å². The molecule has 3 heteroatoms. The number of para-hydroxylation sites is 4. The van der Waals surface area contributed by atoms with E-state index in [1.807, 2.05) is 12.1 Å². The molecule has 9 aromatic carbocycles. The molecule has 11 aromatic rings. The topological polar surface area (TPSA) is 21.3 Å². The maximum atomic E-state index is 6.58. The Hall–Kier alpha value is -7.36. The van der Waals surface area contributed by atoms with Crippen molar-refractivity contribution in [2.24, 2.45) is 0 Å². The molecule has 0 saturated carbocycles. The third-order valence-electron chi connectivity index (χ3n) is 11.0. The number of hydrogen-bond donors (Lipinski definition) is 0. The summed E-state index contributed by atoms with van der Waals surface area (Å²) in [5.41, 5.74) is 13.3. The second kappa shape index (κ2) is 12.6. The van der Waals surface area contributed by atoms with E-state index >= 15 is 0 Å². The average molecular weight is 703 g/mol. The minimum atomic E-state index is 0.874. The van der Waals surface area contributed by atoms with Gasteiger partial charge in [-0.25, -0.2) is 0 Å². The van der Waals surface area contributed by atoms with E-state index in [4.69, 9.17) is 4.42 Å². The van der Waals surface area contributed by atoms with Gasteiger partial charge in [-0.2, -0.15) is 0 Å². The van der Waals surface area contributed by atoms with E-state index in [9.17, 15) is 0 Å². The monoisotopic (exact) mass is 702 g/mol. The first-order valence-electron chi connectivity index (χ1n) is 18.8. The summed E-state index contributed by atoms with van der Waals surface area (Å²) < 4.78 is 8.94. The van der Waals surface area contributed by atoms with Crippen molar-refractivity contribution in [3.63, 3.8) is 0 Å². The Morgan fingerprint density at radius 3 is 1.75 bits per heavy atom. The third kappa shape index (κ3) is 5.13. The van der Waals surface area contributed by atoms with Crippen LogP contribution < -0.4 is 4.90 Å². The molecule has 55 heavy (non-hydrogen) atoms. The molecule has 11 rings (SSSR count). The van der Waals surface area contributed by atoms with Gasteiger partial charge in [0.15, 0.2) is 5.58 Å². The molecule has 2 aromatic heterocycles. The number of rotatable bonds is 6. The van der Waals surface area contributed by atoms with Crippen molar-refractivity contribution in [3.05, 3.63) is 206 Å². The maximum absolute atomic E-state index is 6.58. The molecule has 3 nitrogen and oxygen atoms in total. The van der Waals surface area contributed by atoms with Gasteiger partial charge in [-0.05, 0) is 88.3 Å². The van der Waals surface area contributed by atoms with Crippen LogP contribution in [-0.4, -0.2) is 4.57 Å². The molecule has 0 saturated heterocycles. The Morgan fingerprint density at radius 1 is 0.364 bits per heavy atom. The molecule has 0 bridgehead atoms. The lowest BCUT2D eigenvalue weighted by Crippen LogP contribution is -2.10. The highest BCUT2D eigenvalue weighted by Crippen LogP contribution is 2.44. The van der Waals surface area contributed by atoms with Crippen LogP contribution in [0.25, 0.3) is 82.5 Å². The molecule has 0 aliphatic rings. The lowest BCUT2D eigenvalue weighted by atomic mass is 9.98. The average Bonchev–Trinajstić information content (AvgIpc) is 3.81. The largest absolute Gasteiger partial charge is 0.454 e. The van der Waals surface area contributed by atoms with Gasteiger partial charge in [-0.1, -0.05) is 146 Å². The number of aromatic nitrogens is 1. The molecule has 0 atom stereocenters. The van der Waals surface area contributed by atoms with E-state index in [0.717, 1.165) is 44.6 Å². The quantitative estimate of drug-likeness (QED) is 0.172. The van der Waals surface area contributed by atoms with E-state index < -0.39 is 0 Å². The molecule has 0 fully saturated rings. The van der Waals surface area contributed by atoms with Crippen LogP contribution >= 0.6 is 0 Å². The van der Waals surface area contributed by atoms with Gasteiger partial charge in [0.2, 0.25) is 0 Å². The summed E-state index contributed by atoms with van der Waals surface area (Å²) in [6.45, 7) is 0. The second-order valence-corrected chi connectivity index (χ2v) is 14.1. The van der Waals surface area contributed by atoms with E-state index in [0.29, 0.717) is 0 Å². The van der Waals surface area contributed by atoms with Crippen molar-refractivity contribution in [1.82, 2.24) is 4.57 Å². The highest BCUT2D eigenvalue weighted by molar-refractivity contribution is 6.12. The summed E-state index contributed by atoms with van der Waals surface area (Å²) in [5.74, 6) is 0. The molecule has 0 spiro atoms. The van der Waals surface area contributed by atoms with Crippen molar-refractivity contribution >= 4 is 71.6 Å². The summed E-state index contributed by atoms with van der Waals surface area (Å²) in [5, 5.41) is 7.12. The molecule has 258 valence electrons. The SMILES string of the molecule is c1ccc(-n2c3ccccc3c3cc(-c4ccc(-c5ccc(N(c6cccc7ccccc67)c6cccc7c6oc6ccccc67)cc5)cc4)ccc32)cc1. The Bertz CT molecular complexity index is 3180. The van der Waals surface area contributed by atoms with Gasteiger partial charge in [-0.15, -0.1) is 0 Å². The third-order valence-corrected chi connectivity index (χ3v) is 11.0. The fourth-order valence-electron chi connectivity index (χ4n) is 8.39. The van der Waals surface area contributed by atoms with Gasteiger partial charge in [0, 0.05) is 38.3 Å². The van der Waals surface area contributed by atoms with Crippen LogP contribution in [0.3, 0.4) is 0 Å². The first-order valence-corrected chi connectivity index (χ1v) is 18.8. The predicted octanol–water partition coefficient (Wildman–Crippen LogP) is 14.6. The van der Waals surface area contributed by atoms with Crippen LogP contribution in [0.5, 0.6) is 0 Å². The molecule has 0 aliphatic carbocycles. The van der Waals surface area contributed by atoms with Crippen LogP contribution in [0.15, 0.2) is 211 Å². The molecular weight excluding hydrogens is 669 g/mol.